The Hall–Kier alpha value is -3.97. The number of hydrogen-bond acceptors (Lipinski definition) is 5. The predicted octanol–water partition coefficient (Wildman–Crippen LogP) is 6.60. The molecule has 0 saturated heterocycles. The van der Waals surface area contributed by atoms with Gasteiger partial charge in [0.05, 0.1) is 11.4 Å². The summed E-state index contributed by atoms with van der Waals surface area (Å²) in [5.74, 6) is 2.99. The highest BCUT2D eigenvalue weighted by molar-refractivity contribution is 6.41. The van der Waals surface area contributed by atoms with Gasteiger partial charge in [-0.25, -0.2) is 0 Å². The third-order valence-electron chi connectivity index (χ3n) is 6.98. The fourth-order valence-corrected chi connectivity index (χ4v) is 4.76. The normalized spacial score (nSPS) is 18.4. The highest BCUT2D eigenvalue weighted by Crippen LogP contribution is 2.23. The second-order valence-electron chi connectivity index (χ2n) is 9.91. The van der Waals surface area contributed by atoms with Gasteiger partial charge in [-0.3, -0.25) is 18.4 Å². The first-order chi connectivity index (χ1) is 18.8. The Bertz CT molecular complexity index is 1420. The van der Waals surface area contributed by atoms with Crippen molar-refractivity contribution < 1.29 is 13.4 Å². The molecule has 0 amide bonds. The van der Waals surface area contributed by atoms with Crippen LogP contribution in [-0.2, 0) is 11.2 Å². The molecule has 1 aromatic carbocycles. The number of ketones is 1. The molecule has 0 bridgehead atoms. The van der Waals surface area contributed by atoms with Crippen molar-refractivity contribution in [1.82, 2.24) is 4.48 Å². The number of carbonyl (C=O) groups is 1. The van der Waals surface area contributed by atoms with E-state index in [2.05, 4.69) is 50.3 Å². The Labute approximate surface area is 228 Å². The van der Waals surface area contributed by atoms with E-state index in [0.29, 0.717) is 36.3 Å². The second-order valence-corrected chi connectivity index (χ2v) is 9.91. The van der Waals surface area contributed by atoms with Gasteiger partial charge >= 0.3 is 7.40 Å². The number of aliphatic imine (C=N–C) groups is 2. The smallest absolute Gasteiger partial charge is 0.329 e. The van der Waals surface area contributed by atoms with Gasteiger partial charge in [0.25, 0.3) is 0 Å². The molecule has 2 aliphatic heterocycles. The standard InChI is InChI=1S/C30H32BF2N5O/c1-21(6-4-7-24-9-11-25(12-10-24)28-8-5-17-34-20-35-37-28)30(39)16-15-26-13-14-27(36-26)19-29-22(2)18-23(3)38(29)31(32)33/h5,9-14,18-21H,4,6-8,15-16H2,1-3H3/b27-19-,35-20-,37-28+. The van der Waals surface area contributed by atoms with E-state index in [9.17, 15) is 13.4 Å². The summed E-state index contributed by atoms with van der Waals surface area (Å²) in [5, 5.41) is 8.12. The van der Waals surface area contributed by atoms with Crippen LogP contribution in [0.2, 0.25) is 0 Å². The van der Waals surface area contributed by atoms with Crippen LogP contribution in [0.1, 0.15) is 67.1 Å². The molecule has 200 valence electrons. The summed E-state index contributed by atoms with van der Waals surface area (Å²) in [5.41, 5.74) is 6.30. The largest absolute Gasteiger partial charge is 0.677 e. The summed E-state index contributed by atoms with van der Waals surface area (Å²) in [6.07, 6.45) is 12.8. The molecule has 0 spiro atoms. The lowest BCUT2D eigenvalue weighted by Gasteiger charge is -2.10. The first-order valence-corrected chi connectivity index (χ1v) is 13.2. The van der Waals surface area contributed by atoms with Crippen LogP contribution >= 0.6 is 0 Å². The van der Waals surface area contributed by atoms with Crippen molar-refractivity contribution in [3.63, 3.8) is 0 Å². The number of halogens is 2. The van der Waals surface area contributed by atoms with Crippen molar-refractivity contribution in [2.24, 2.45) is 26.1 Å². The molecule has 0 N–H and O–H groups in total. The van der Waals surface area contributed by atoms with Gasteiger partial charge in [-0.1, -0.05) is 31.2 Å². The lowest BCUT2D eigenvalue weighted by Crippen LogP contribution is -2.16. The SMILES string of the molecule is Cc1cc(C)n(B(F)F)c1/C=C1/C=CC(CCC(=O)C(C)CCCc2ccc(/C3=N/N=C\N=C=CC3)cc2)=N1. The van der Waals surface area contributed by atoms with E-state index < -0.39 is 7.40 Å². The molecule has 0 aliphatic carbocycles. The number of carbonyl (C=O) groups excluding carboxylic acids is 1. The predicted molar refractivity (Wildman–Crippen MR) is 156 cm³/mol. The number of rotatable bonds is 11. The highest BCUT2D eigenvalue weighted by atomic mass is 19.2. The van der Waals surface area contributed by atoms with Crippen LogP contribution in [0.4, 0.5) is 8.63 Å². The summed E-state index contributed by atoms with van der Waals surface area (Å²) in [6, 6.07) is 10.0. The maximum Gasteiger partial charge on any atom is 0.677 e. The van der Waals surface area contributed by atoms with Gasteiger partial charge in [-0.05, 0) is 92.5 Å². The Morgan fingerprint density at radius 1 is 1.18 bits per heavy atom. The number of aryl methyl sites for hydroxylation is 3. The van der Waals surface area contributed by atoms with Crippen LogP contribution < -0.4 is 0 Å². The Balaban J connectivity index is 1.23. The molecule has 3 heterocycles. The zero-order valence-corrected chi connectivity index (χ0v) is 22.6. The molecule has 39 heavy (non-hydrogen) atoms. The third-order valence-corrected chi connectivity index (χ3v) is 6.98. The fraction of sp³-hybridized carbons (Fsp3) is 0.333. The van der Waals surface area contributed by atoms with Crippen molar-refractivity contribution in [2.75, 3.05) is 0 Å². The number of aromatic nitrogens is 1. The molecule has 2 aliphatic rings. The second kappa shape index (κ2) is 13.2. The van der Waals surface area contributed by atoms with Gasteiger partial charge in [-0.15, -0.1) is 5.10 Å². The molecule has 4 rings (SSSR count). The fourth-order valence-electron chi connectivity index (χ4n) is 4.76. The van der Waals surface area contributed by atoms with Crippen LogP contribution in [0.5, 0.6) is 0 Å². The minimum absolute atomic E-state index is 0.0270. The van der Waals surface area contributed by atoms with Crippen LogP contribution in [-0.4, -0.2) is 41.3 Å². The Morgan fingerprint density at radius 3 is 2.74 bits per heavy atom. The monoisotopic (exact) mass is 527 g/mol. The first-order valence-electron chi connectivity index (χ1n) is 13.2. The van der Waals surface area contributed by atoms with Crippen molar-refractivity contribution >= 4 is 42.9 Å². The Morgan fingerprint density at radius 2 is 1.97 bits per heavy atom. The molecule has 1 unspecified atom stereocenters. The minimum Gasteiger partial charge on any atom is -0.329 e. The van der Waals surface area contributed by atoms with Crippen LogP contribution in [0, 0.1) is 19.8 Å². The van der Waals surface area contributed by atoms with E-state index >= 15 is 0 Å². The summed E-state index contributed by atoms with van der Waals surface area (Å²) < 4.78 is 27.9. The van der Waals surface area contributed by atoms with E-state index in [1.807, 2.05) is 32.1 Å². The van der Waals surface area contributed by atoms with Gasteiger partial charge in [0, 0.05) is 35.9 Å². The lowest BCUT2D eigenvalue weighted by atomic mass is 9.94. The molecule has 1 aromatic heterocycles. The zero-order chi connectivity index (χ0) is 27.8. The maximum atomic E-state index is 13.5. The molecule has 0 fully saturated rings. The van der Waals surface area contributed by atoms with Crippen molar-refractivity contribution in [2.45, 2.75) is 59.3 Å². The number of hydrogen-bond donors (Lipinski definition) is 0. The van der Waals surface area contributed by atoms with Gasteiger partial charge in [0.15, 0.2) is 0 Å². The molecule has 6 nitrogen and oxygen atoms in total. The van der Waals surface area contributed by atoms with Crippen LogP contribution in [0.15, 0.2) is 74.4 Å². The van der Waals surface area contributed by atoms with Crippen LogP contribution in [0.3, 0.4) is 0 Å². The Kier molecular flexibility index (Phi) is 9.50. The number of allylic oxidation sites excluding steroid dienone is 3. The summed E-state index contributed by atoms with van der Waals surface area (Å²) in [4.78, 5) is 21.1. The number of Topliss-reactive ketones (excluding diaryl/α,β-unsaturated/α-hetero) is 1. The lowest BCUT2D eigenvalue weighted by molar-refractivity contribution is -0.122. The van der Waals surface area contributed by atoms with Crippen molar-refractivity contribution in [3.8, 4) is 0 Å². The molecular formula is C30H32BF2N5O. The van der Waals surface area contributed by atoms with Crippen LogP contribution in [0.25, 0.3) is 6.08 Å². The molecular weight excluding hydrogens is 495 g/mol. The van der Waals surface area contributed by atoms with Gasteiger partial charge in [0.2, 0.25) is 0 Å². The molecule has 9 heteroatoms. The van der Waals surface area contributed by atoms with Crippen molar-refractivity contribution in [3.05, 3.63) is 82.3 Å². The molecule has 0 radical (unpaired) electrons. The molecule has 1 atom stereocenters. The average Bonchev–Trinajstić information content (AvgIpc) is 3.45. The average molecular weight is 527 g/mol. The molecule has 0 saturated carbocycles. The van der Waals surface area contributed by atoms with E-state index in [1.165, 1.54) is 11.9 Å². The maximum absolute atomic E-state index is 13.5. The number of benzene rings is 1. The van der Waals surface area contributed by atoms with Gasteiger partial charge in [-0.2, -0.15) is 10.1 Å². The topological polar surface area (TPSA) is 71.4 Å². The zero-order valence-electron chi connectivity index (χ0n) is 22.6. The molecule has 2 aromatic rings. The van der Waals surface area contributed by atoms with E-state index in [1.54, 1.807) is 19.1 Å². The minimum atomic E-state index is -2.60. The summed E-state index contributed by atoms with van der Waals surface area (Å²) in [6.45, 7) is 5.47. The van der Waals surface area contributed by atoms with Crippen molar-refractivity contribution in [1.29, 1.82) is 0 Å². The first kappa shape index (κ1) is 28.1. The van der Waals surface area contributed by atoms with Gasteiger partial charge < -0.3 is 4.48 Å². The quantitative estimate of drug-likeness (QED) is 0.304. The van der Waals surface area contributed by atoms with E-state index in [0.717, 1.165) is 46.3 Å². The number of nitrogens with zero attached hydrogens (tertiary/aromatic N) is 5. The van der Waals surface area contributed by atoms with E-state index in [4.69, 9.17) is 0 Å². The highest BCUT2D eigenvalue weighted by Gasteiger charge is 2.23. The summed E-state index contributed by atoms with van der Waals surface area (Å²) in [7, 11) is -2.60. The third kappa shape index (κ3) is 7.55. The van der Waals surface area contributed by atoms with E-state index in [-0.39, 0.29) is 11.7 Å². The van der Waals surface area contributed by atoms with Gasteiger partial charge in [0.1, 0.15) is 12.1 Å². The summed E-state index contributed by atoms with van der Waals surface area (Å²) >= 11 is 0.